The molecule has 1 unspecified atom stereocenters. The van der Waals surface area contributed by atoms with E-state index in [4.69, 9.17) is 38.0 Å². The van der Waals surface area contributed by atoms with E-state index in [1.165, 1.54) is 6.33 Å². The fraction of sp³-hybridized carbons (Fsp3) is 0.400. The van der Waals surface area contributed by atoms with Crippen molar-refractivity contribution in [3.8, 4) is 5.69 Å². The second-order valence-electron chi connectivity index (χ2n) is 7.18. The number of rotatable bonds is 7. The zero-order valence-corrected chi connectivity index (χ0v) is 17.1. The summed E-state index contributed by atoms with van der Waals surface area (Å²) < 4.78 is 7.33. The molecular formula is C20H20Cl2N4O3. The van der Waals surface area contributed by atoms with E-state index in [-0.39, 0.29) is 24.9 Å². The minimum absolute atomic E-state index is 0.0101. The first kappa shape index (κ1) is 20.1. The van der Waals surface area contributed by atoms with E-state index in [1.807, 2.05) is 12.1 Å². The molecule has 1 fully saturated rings. The van der Waals surface area contributed by atoms with Crippen LogP contribution < -0.4 is 0 Å². The number of fused-ring (bicyclic) bond motifs is 1. The van der Waals surface area contributed by atoms with Crippen molar-refractivity contribution in [2.75, 3.05) is 13.2 Å². The van der Waals surface area contributed by atoms with Gasteiger partial charge in [-0.15, -0.1) is 0 Å². The standard InChI is InChI=1S/C20H20Cl2N4O3/c21-15-5-4-14-17(26-11-23-10-24-26)8-16(25-20(14)19(15)22)13-3-1-2-12(13)9-29-7-6-18(27)28/h4-5,8,10-13H,1-3,6-7,9H2,(H,27,28)/t12-,13?/m0/s1. The molecule has 2 aromatic heterocycles. The van der Waals surface area contributed by atoms with Crippen LogP contribution in [-0.2, 0) is 9.53 Å². The Labute approximate surface area is 177 Å². The highest BCUT2D eigenvalue weighted by molar-refractivity contribution is 6.45. The number of carbonyl (C=O) groups is 1. The number of carboxylic acids is 1. The van der Waals surface area contributed by atoms with Gasteiger partial charge in [0, 0.05) is 17.0 Å². The molecule has 2 atom stereocenters. The van der Waals surface area contributed by atoms with E-state index in [0.29, 0.717) is 22.2 Å². The smallest absolute Gasteiger partial charge is 0.305 e. The van der Waals surface area contributed by atoms with Crippen LogP contribution in [0, 0.1) is 5.92 Å². The fourth-order valence-electron chi connectivity index (χ4n) is 3.97. The van der Waals surface area contributed by atoms with Gasteiger partial charge in [-0.1, -0.05) is 29.6 Å². The largest absolute Gasteiger partial charge is 0.481 e. The van der Waals surface area contributed by atoms with Crippen molar-refractivity contribution >= 4 is 40.1 Å². The summed E-state index contributed by atoms with van der Waals surface area (Å²) in [5, 5.41) is 14.8. The lowest BCUT2D eigenvalue weighted by molar-refractivity contribution is -0.138. The van der Waals surface area contributed by atoms with Crippen LogP contribution in [-0.4, -0.2) is 44.0 Å². The van der Waals surface area contributed by atoms with Gasteiger partial charge >= 0.3 is 5.97 Å². The number of benzene rings is 1. The second kappa shape index (κ2) is 8.65. The summed E-state index contributed by atoms with van der Waals surface area (Å²) >= 11 is 12.7. The Balaban J connectivity index is 1.69. The fourth-order valence-corrected chi connectivity index (χ4v) is 4.33. The number of aliphatic carboxylic acids is 1. The normalized spacial score (nSPS) is 19.1. The Kier molecular flexibility index (Phi) is 5.99. The predicted molar refractivity (Wildman–Crippen MR) is 110 cm³/mol. The first-order valence-electron chi connectivity index (χ1n) is 9.48. The Morgan fingerprint density at radius 3 is 2.93 bits per heavy atom. The number of nitrogens with zero attached hydrogens (tertiary/aromatic N) is 4. The molecule has 1 aromatic carbocycles. The molecule has 1 aliphatic carbocycles. The van der Waals surface area contributed by atoms with Gasteiger partial charge in [-0.25, -0.2) is 9.67 Å². The third-order valence-electron chi connectivity index (χ3n) is 5.37. The maximum absolute atomic E-state index is 10.7. The maximum Gasteiger partial charge on any atom is 0.305 e. The van der Waals surface area contributed by atoms with E-state index >= 15 is 0 Å². The second-order valence-corrected chi connectivity index (χ2v) is 7.97. The minimum atomic E-state index is -0.854. The lowest BCUT2D eigenvalue weighted by Gasteiger charge is -2.21. The molecule has 1 saturated carbocycles. The van der Waals surface area contributed by atoms with Crippen LogP contribution in [0.3, 0.4) is 0 Å². The average Bonchev–Trinajstić information content (AvgIpc) is 3.39. The molecule has 2 heterocycles. The van der Waals surface area contributed by atoms with Gasteiger partial charge in [-0.3, -0.25) is 9.78 Å². The van der Waals surface area contributed by atoms with Crippen molar-refractivity contribution in [3.05, 3.63) is 46.6 Å². The minimum Gasteiger partial charge on any atom is -0.481 e. The highest BCUT2D eigenvalue weighted by Gasteiger charge is 2.31. The number of hydrogen-bond acceptors (Lipinski definition) is 5. The number of carboxylic acid groups (broad SMARTS) is 1. The third kappa shape index (κ3) is 4.22. The number of pyridine rings is 1. The summed E-state index contributed by atoms with van der Waals surface area (Å²) in [5.74, 6) is -0.384. The average molecular weight is 435 g/mol. The lowest BCUT2D eigenvalue weighted by Crippen LogP contribution is -2.16. The van der Waals surface area contributed by atoms with Crippen LogP contribution in [0.4, 0.5) is 0 Å². The van der Waals surface area contributed by atoms with Gasteiger partial charge in [0.1, 0.15) is 12.7 Å². The summed E-state index contributed by atoms with van der Waals surface area (Å²) in [6, 6.07) is 5.67. The van der Waals surface area contributed by atoms with E-state index in [1.54, 1.807) is 17.1 Å². The summed E-state index contributed by atoms with van der Waals surface area (Å²) in [5.41, 5.74) is 2.40. The molecule has 0 saturated heterocycles. The molecule has 0 radical (unpaired) electrons. The van der Waals surface area contributed by atoms with E-state index in [0.717, 1.165) is 36.0 Å². The molecule has 0 spiro atoms. The summed E-state index contributed by atoms with van der Waals surface area (Å²) in [6.45, 7) is 0.731. The highest BCUT2D eigenvalue weighted by atomic mass is 35.5. The van der Waals surface area contributed by atoms with Gasteiger partial charge in [-0.05, 0) is 37.0 Å². The van der Waals surface area contributed by atoms with Crippen LogP contribution in [0.15, 0.2) is 30.9 Å². The summed E-state index contributed by atoms with van der Waals surface area (Å²) in [6.07, 6.45) is 6.20. The molecule has 9 heteroatoms. The lowest BCUT2D eigenvalue weighted by atomic mass is 9.92. The van der Waals surface area contributed by atoms with E-state index in [2.05, 4.69) is 10.1 Å². The van der Waals surface area contributed by atoms with Crippen LogP contribution in [0.2, 0.25) is 10.0 Å². The zero-order valence-electron chi connectivity index (χ0n) is 15.6. The predicted octanol–water partition coefficient (Wildman–Crippen LogP) is 4.50. The molecule has 29 heavy (non-hydrogen) atoms. The Hall–Kier alpha value is -2.22. The van der Waals surface area contributed by atoms with E-state index in [9.17, 15) is 4.79 Å². The van der Waals surface area contributed by atoms with E-state index < -0.39 is 5.97 Å². The number of aromatic nitrogens is 4. The number of hydrogen-bond donors (Lipinski definition) is 1. The first-order valence-corrected chi connectivity index (χ1v) is 10.2. The SMILES string of the molecule is O=C(O)CCOC[C@@H]1CCCC1c1cc(-n2cncn2)c2ccc(Cl)c(Cl)c2n1. The zero-order chi connectivity index (χ0) is 20.4. The topological polar surface area (TPSA) is 90.1 Å². The first-order chi connectivity index (χ1) is 14.0. The molecule has 0 amide bonds. The monoisotopic (exact) mass is 434 g/mol. The molecule has 1 N–H and O–H groups in total. The van der Waals surface area contributed by atoms with Crippen molar-refractivity contribution in [1.82, 2.24) is 19.7 Å². The van der Waals surface area contributed by atoms with Crippen molar-refractivity contribution in [2.45, 2.75) is 31.6 Å². The number of halogens is 2. The molecule has 1 aliphatic rings. The van der Waals surface area contributed by atoms with Crippen LogP contribution in [0.5, 0.6) is 0 Å². The summed E-state index contributed by atoms with van der Waals surface area (Å²) in [4.78, 5) is 19.6. The molecule has 0 aliphatic heterocycles. The molecule has 0 bridgehead atoms. The molecule has 7 nitrogen and oxygen atoms in total. The van der Waals surface area contributed by atoms with Crippen LogP contribution in [0.25, 0.3) is 16.6 Å². The van der Waals surface area contributed by atoms with Crippen molar-refractivity contribution < 1.29 is 14.6 Å². The Bertz CT molecular complexity index is 1030. The molecular weight excluding hydrogens is 415 g/mol. The van der Waals surface area contributed by atoms with Gasteiger partial charge in [0.2, 0.25) is 0 Å². The van der Waals surface area contributed by atoms with Crippen LogP contribution >= 0.6 is 23.2 Å². The Morgan fingerprint density at radius 1 is 1.31 bits per heavy atom. The molecule has 3 aromatic rings. The van der Waals surface area contributed by atoms with Gasteiger partial charge in [-0.2, -0.15) is 5.10 Å². The van der Waals surface area contributed by atoms with Crippen molar-refractivity contribution in [2.24, 2.45) is 5.92 Å². The molecule has 4 rings (SSSR count). The van der Waals surface area contributed by atoms with Gasteiger partial charge in [0.15, 0.2) is 0 Å². The van der Waals surface area contributed by atoms with Crippen LogP contribution in [0.1, 0.15) is 37.3 Å². The molecule has 152 valence electrons. The van der Waals surface area contributed by atoms with Crippen molar-refractivity contribution in [1.29, 1.82) is 0 Å². The highest BCUT2D eigenvalue weighted by Crippen LogP contribution is 2.41. The number of ether oxygens (including phenoxy) is 1. The van der Waals surface area contributed by atoms with Gasteiger partial charge in [0.05, 0.1) is 40.9 Å². The van der Waals surface area contributed by atoms with Gasteiger partial charge in [0.25, 0.3) is 0 Å². The Morgan fingerprint density at radius 2 is 2.17 bits per heavy atom. The van der Waals surface area contributed by atoms with Crippen molar-refractivity contribution in [3.63, 3.8) is 0 Å². The maximum atomic E-state index is 10.7. The summed E-state index contributed by atoms with van der Waals surface area (Å²) in [7, 11) is 0. The quantitative estimate of drug-likeness (QED) is 0.550. The third-order valence-corrected chi connectivity index (χ3v) is 6.16. The van der Waals surface area contributed by atoms with Gasteiger partial charge < -0.3 is 9.84 Å².